The lowest BCUT2D eigenvalue weighted by Crippen LogP contribution is -2.40. The number of nitrogens with zero attached hydrogens (tertiary/aromatic N) is 1. The summed E-state index contributed by atoms with van der Waals surface area (Å²) in [6.45, 7) is 2.18. The van der Waals surface area contributed by atoms with Crippen LogP contribution in [0.3, 0.4) is 0 Å². The minimum atomic E-state index is -3.56. The highest BCUT2D eigenvalue weighted by Gasteiger charge is 2.33. The van der Waals surface area contributed by atoms with Gasteiger partial charge < -0.3 is 5.73 Å². The van der Waals surface area contributed by atoms with E-state index >= 15 is 0 Å². The fraction of sp³-hybridized carbons (Fsp3) is 0.571. The molecule has 0 saturated heterocycles. The third kappa shape index (κ3) is 3.63. The average molecular weight is 440 g/mol. The van der Waals surface area contributed by atoms with Gasteiger partial charge in [-0.1, -0.05) is 19.8 Å². The van der Waals surface area contributed by atoms with Crippen molar-refractivity contribution in [2.24, 2.45) is 5.92 Å². The molecule has 7 heteroatoms. The Morgan fingerprint density at radius 3 is 2.33 bits per heavy atom. The molecule has 0 radical (unpaired) electrons. The molecular weight excluding hydrogens is 420 g/mol. The molecule has 0 spiro atoms. The summed E-state index contributed by atoms with van der Waals surface area (Å²) in [5.41, 5.74) is 6.26. The van der Waals surface area contributed by atoms with Crippen LogP contribution in [0, 0.1) is 5.92 Å². The number of benzene rings is 1. The lowest BCUT2D eigenvalue weighted by atomic mass is 9.87. The van der Waals surface area contributed by atoms with E-state index in [0.717, 1.165) is 19.3 Å². The van der Waals surface area contributed by atoms with E-state index in [0.29, 0.717) is 20.6 Å². The SMILES string of the molecule is CC1CCCC(N(C)S(=O)(=O)c2c(Br)cc(N)cc2Br)C1. The average Bonchev–Trinajstić information content (AvgIpc) is 2.36. The topological polar surface area (TPSA) is 63.4 Å². The molecule has 0 bridgehead atoms. The Balaban J connectivity index is 2.38. The molecule has 0 heterocycles. The van der Waals surface area contributed by atoms with Crippen LogP contribution in [0.25, 0.3) is 0 Å². The van der Waals surface area contributed by atoms with Crippen molar-refractivity contribution in [3.05, 3.63) is 21.1 Å². The zero-order valence-corrected chi connectivity index (χ0v) is 16.1. The van der Waals surface area contributed by atoms with Gasteiger partial charge in [-0.05, 0) is 62.8 Å². The van der Waals surface area contributed by atoms with E-state index in [-0.39, 0.29) is 10.9 Å². The van der Waals surface area contributed by atoms with Crippen molar-refractivity contribution in [3.63, 3.8) is 0 Å². The van der Waals surface area contributed by atoms with Crippen molar-refractivity contribution < 1.29 is 8.42 Å². The van der Waals surface area contributed by atoms with Gasteiger partial charge in [0, 0.05) is 27.7 Å². The quantitative estimate of drug-likeness (QED) is 0.724. The van der Waals surface area contributed by atoms with Gasteiger partial charge >= 0.3 is 0 Å². The van der Waals surface area contributed by atoms with Gasteiger partial charge in [-0.2, -0.15) is 4.31 Å². The van der Waals surface area contributed by atoms with Crippen molar-refractivity contribution in [1.82, 2.24) is 4.31 Å². The van der Waals surface area contributed by atoms with Gasteiger partial charge in [0.2, 0.25) is 10.0 Å². The molecule has 2 atom stereocenters. The number of sulfonamides is 1. The minimum Gasteiger partial charge on any atom is -0.399 e. The molecule has 21 heavy (non-hydrogen) atoms. The van der Waals surface area contributed by atoms with E-state index in [4.69, 9.17) is 5.73 Å². The lowest BCUT2D eigenvalue weighted by Gasteiger charge is -2.33. The first-order valence-electron chi connectivity index (χ1n) is 6.96. The molecule has 1 aliphatic carbocycles. The van der Waals surface area contributed by atoms with Gasteiger partial charge in [0.1, 0.15) is 4.90 Å². The molecule has 4 nitrogen and oxygen atoms in total. The predicted molar refractivity (Wildman–Crippen MR) is 92.6 cm³/mol. The maximum atomic E-state index is 12.9. The van der Waals surface area contributed by atoms with Crippen LogP contribution < -0.4 is 5.73 Å². The van der Waals surface area contributed by atoms with Crippen LogP contribution in [0.5, 0.6) is 0 Å². The van der Waals surface area contributed by atoms with Crippen LogP contribution in [0.15, 0.2) is 26.0 Å². The maximum absolute atomic E-state index is 12.9. The van der Waals surface area contributed by atoms with Crippen LogP contribution >= 0.6 is 31.9 Å². The summed E-state index contributed by atoms with van der Waals surface area (Å²) in [6.07, 6.45) is 4.10. The van der Waals surface area contributed by atoms with Crippen LogP contribution in [0.4, 0.5) is 5.69 Å². The monoisotopic (exact) mass is 438 g/mol. The maximum Gasteiger partial charge on any atom is 0.245 e. The third-order valence-corrected chi connectivity index (χ3v) is 7.87. The van der Waals surface area contributed by atoms with E-state index in [1.165, 1.54) is 10.7 Å². The molecular formula is C14H20Br2N2O2S. The molecule has 118 valence electrons. The van der Waals surface area contributed by atoms with Crippen molar-refractivity contribution in [3.8, 4) is 0 Å². The normalized spacial score (nSPS) is 23.5. The van der Waals surface area contributed by atoms with Crippen LogP contribution in [-0.2, 0) is 10.0 Å². The second kappa shape index (κ2) is 6.56. The van der Waals surface area contributed by atoms with E-state index in [2.05, 4.69) is 38.8 Å². The second-order valence-electron chi connectivity index (χ2n) is 5.76. The molecule has 1 saturated carbocycles. The fourth-order valence-electron chi connectivity index (χ4n) is 2.90. The zero-order chi connectivity index (χ0) is 15.8. The molecule has 1 aromatic carbocycles. The lowest BCUT2D eigenvalue weighted by molar-refractivity contribution is 0.239. The summed E-state index contributed by atoms with van der Waals surface area (Å²) < 4.78 is 28.3. The third-order valence-electron chi connectivity index (χ3n) is 4.08. The van der Waals surface area contributed by atoms with Crippen LogP contribution in [0.1, 0.15) is 32.6 Å². The summed E-state index contributed by atoms with van der Waals surface area (Å²) in [5, 5.41) is 0. The number of halogens is 2. The first kappa shape index (κ1) is 17.2. The van der Waals surface area contributed by atoms with E-state index in [1.54, 1.807) is 19.2 Å². The number of nitrogens with two attached hydrogens (primary N) is 1. The summed E-state index contributed by atoms with van der Waals surface area (Å²) >= 11 is 6.64. The summed E-state index contributed by atoms with van der Waals surface area (Å²) in [7, 11) is -1.88. The largest absolute Gasteiger partial charge is 0.399 e. The number of anilines is 1. The molecule has 0 amide bonds. The first-order chi connectivity index (χ1) is 9.73. The van der Waals surface area contributed by atoms with E-state index in [9.17, 15) is 8.42 Å². The van der Waals surface area contributed by atoms with Gasteiger partial charge in [0.05, 0.1) is 0 Å². The summed E-state index contributed by atoms with van der Waals surface area (Å²) in [4.78, 5) is 0.248. The standard InChI is InChI=1S/C14H20Br2N2O2S/c1-9-4-3-5-11(6-9)18(2)21(19,20)14-12(15)7-10(17)8-13(14)16/h7-9,11H,3-6,17H2,1-2H3. The highest BCUT2D eigenvalue weighted by molar-refractivity contribution is 9.11. The van der Waals surface area contributed by atoms with E-state index < -0.39 is 10.0 Å². The molecule has 0 aliphatic heterocycles. The Kier molecular flexibility index (Phi) is 5.39. The highest BCUT2D eigenvalue weighted by Crippen LogP contribution is 2.36. The van der Waals surface area contributed by atoms with Gasteiger partial charge in [0.25, 0.3) is 0 Å². The van der Waals surface area contributed by atoms with Crippen LogP contribution in [-0.4, -0.2) is 25.8 Å². The zero-order valence-electron chi connectivity index (χ0n) is 12.1. The van der Waals surface area contributed by atoms with Gasteiger partial charge in [0.15, 0.2) is 0 Å². The van der Waals surface area contributed by atoms with Gasteiger partial charge in [-0.25, -0.2) is 8.42 Å². The number of rotatable bonds is 3. The Hall–Kier alpha value is -0.110. The van der Waals surface area contributed by atoms with Crippen LogP contribution in [0.2, 0.25) is 0 Å². The van der Waals surface area contributed by atoms with Gasteiger partial charge in [-0.3, -0.25) is 0 Å². The number of hydrogen-bond acceptors (Lipinski definition) is 3. The Labute approximate surface area is 143 Å². The molecule has 2 rings (SSSR count). The van der Waals surface area contributed by atoms with Crippen molar-refractivity contribution in [1.29, 1.82) is 0 Å². The molecule has 1 aliphatic rings. The second-order valence-corrected chi connectivity index (χ2v) is 9.40. The van der Waals surface area contributed by atoms with Crippen molar-refractivity contribution >= 4 is 47.6 Å². The van der Waals surface area contributed by atoms with Crippen molar-refractivity contribution in [2.45, 2.75) is 43.5 Å². The minimum absolute atomic E-state index is 0.0649. The molecule has 1 aromatic rings. The fourth-order valence-corrected chi connectivity index (χ4v) is 6.83. The highest BCUT2D eigenvalue weighted by atomic mass is 79.9. The Bertz CT molecular complexity index is 611. The molecule has 2 N–H and O–H groups in total. The molecule has 2 unspecified atom stereocenters. The number of hydrogen-bond donors (Lipinski definition) is 1. The first-order valence-corrected chi connectivity index (χ1v) is 9.98. The number of nitrogen functional groups attached to an aromatic ring is 1. The molecule has 1 fully saturated rings. The van der Waals surface area contributed by atoms with E-state index in [1.807, 2.05) is 0 Å². The van der Waals surface area contributed by atoms with Gasteiger partial charge in [-0.15, -0.1) is 0 Å². The molecule has 0 aromatic heterocycles. The predicted octanol–water partition coefficient (Wildman–Crippen LogP) is 3.99. The summed E-state index contributed by atoms with van der Waals surface area (Å²) in [5.74, 6) is 0.569. The Morgan fingerprint density at radius 1 is 1.24 bits per heavy atom. The summed E-state index contributed by atoms with van der Waals surface area (Å²) in [6, 6.07) is 3.30. The smallest absolute Gasteiger partial charge is 0.245 e. The van der Waals surface area contributed by atoms with Crippen molar-refractivity contribution in [2.75, 3.05) is 12.8 Å². The Morgan fingerprint density at radius 2 is 1.81 bits per heavy atom.